The van der Waals surface area contributed by atoms with Crippen LogP contribution < -0.4 is 15.4 Å². The third-order valence-electron chi connectivity index (χ3n) is 3.01. The van der Waals surface area contributed by atoms with Crippen molar-refractivity contribution >= 4 is 11.6 Å². The van der Waals surface area contributed by atoms with Gasteiger partial charge < -0.3 is 15.4 Å². The first kappa shape index (κ1) is 12.7. The first-order valence-corrected chi connectivity index (χ1v) is 6.06. The number of rotatable bonds is 3. The van der Waals surface area contributed by atoms with Crippen LogP contribution in [0.2, 0.25) is 0 Å². The molecule has 0 radical (unpaired) electrons. The van der Waals surface area contributed by atoms with Gasteiger partial charge in [-0.25, -0.2) is 4.39 Å². The lowest BCUT2D eigenvalue weighted by atomic mass is 10.1. The Balaban J connectivity index is 2.05. The first-order valence-electron chi connectivity index (χ1n) is 6.06. The third-order valence-corrected chi connectivity index (χ3v) is 3.01. The second kappa shape index (κ2) is 5.71. The molecule has 4 nitrogen and oxygen atoms in total. The van der Waals surface area contributed by atoms with Gasteiger partial charge in [-0.15, -0.1) is 0 Å². The molecule has 1 saturated heterocycles. The molecule has 1 unspecified atom stereocenters. The Hall–Kier alpha value is -1.78. The van der Waals surface area contributed by atoms with Gasteiger partial charge >= 0.3 is 0 Å². The number of ether oxygens (including phenoxy) is 1. The Labute approximate surface area is 106 Å². The molecule has 0 saturated carbocycles. The minimum absolute atomic E-state index is 0.0547. The minimum atomic E-state index is -0.387. The van der Waals surface area contributed by atoms with Crippen LogP contribution in [-0.4, -0.2) is 25.6 Å². The van der Waals surface area contributed by atoms with Gasteiger partial charge in [0.25, 0.3) is 0 Å². The van der Waals surface area contributed by atoms with Crippen molar-refractivity contribution in [3.05, 3.63) is 24.0 Å². The van der Waals surface area contributed by atoms with E-state index in [2.05, 4.69) is 10.6 Å². The highest BCUT2D eigenvalue weighted by atomic mass is 19.1. The summed E-state index contributed by atoms with van der Waals surface area (Å²) in [5.74, 6) is -0.126. The number of carbonyl (C=O) groups is 1. The van der Waals surface area contributed by atoms with Gasteiger partial charge in [-0.1, -0.05) is 0 Å². The van der Waals surface area contributed by atoms with Gasteiger partial charge in [0.05, 0.1) is 7.11 Å². The van der Waals surface area contributed by atoms with Crippen LogP contribution in [0.4, 0.5) is 10.1 Å². The van der Waals surface area contributed by atoms with E-state index in [0.717, 1.165) is 25.1 Å². The molecular formula is C13H17FN2O2. The Bertz CT molecular complexity index is 437. The predicted molar refractivity (Wildman–Crippen MR) is 67.2 cm³/mol. The fourth-order valence-electron chi connectivity index (χ4n) is 2.08. The summed E-state index contributed by atoms with van der Waals surface area (Å²) < 4.78 is 18.2. The van der Waals surface area contributed by atoms with Crippen molar-refractivity contribution in [2.24, 2.45) is 0 Å². The van der Waals surface area contributed by atoms with Gasteiger partial charge in [-0.3, -0.25) is 4.79 Å². The zero-order valence-corrected chi connectivity index (χ0v) is 10.3. The van der Waals surface area contributed by atoms with Gasteiger partial charge in [0.2, 0.25) is 5.91 Å². The van der Waals surface area contributed by atoms with E-state index in [-0.39, 0.29) is 23.5 Å². The van der Waals surface area contributed by atoms with Gasteiger partial charge in [0.15, 0.2) is 11.6 Å². The van der Waals surface area contributed by atoms with Crippen LogP contribution in [0.3, 0.4) is 0 Å². The highest BCUT2D eigenvalue weighted by molar-refractivity contribution is 5.77. The highest BCUT2D eigenvalue weighted by Gasteiger charge is 2.17. The van der Waals surface area contributed by atoms with Crippen molar-refractivity contribution in [1.82, 2.24) is 5.32 Å². The van der Waals surface area contributed by atoms with Crippen molar-refractivity contribution in [1.29, 1.82) is 0 Å². The molecule has 1 aliphatic heterocycles. The SMILES string of the molecule is COc1cc(NC2CCCNC(=O)C2)ccc1F. The van der Waals surface area contributed by atoms with Gasteiger partial charge in [-0.05, 0) is 25.0 Å². The summed E-state index contributed by atoms with van der Waals surface area (Å²) in [4.78, 5) is 11.4. The Morgan fingerprint density at radius 3 is 3.11 bits per heavy atom. The van der Waals surface area contributed by atoms with E-state index in [1.807, 2.05) is 0 Å². The van der Waals surface area contributed by atoms with E-state index in [0.29, 0.717) is 6.42 Å². The maximum absolute atomic E-state index is 13.3. The number of halogens is 1. The summed E-state index contributed by atoms with van der Waals surface area (Å²) in [6, 6.07) is 4.71. The number of carbonyl (C=O) groups excluding carboxylic acids is 1. The summed E-state index contributed by atoms with van der Waals surface area (Å²) in [7, 11) is 1.43. The predicted octanol–water partition coefficient (Wildman–Crippen LogP) is 1.91. The number of methoxy groups -OCH3 is 1. The maximum atomic E-state index is 13.3. The van der Waals surface area contributed by atoms with Crippen LogP contribution in [-0.2, 0) is 4.79 Å². The molecule has 1 atom stereocenters. The van der Waals surface area contributed by atoms with E-state index >= 15 is 0 Å². The van der Waals surface area contributed by atoms with Crippen LogP contribution in [0.1, 0.15) is 19.3 Å². The largest absolute Gasteiger partial charge is 0.494 e. The van der Waals surface area contributed by atoms with E-state index in [1.165, 1.54) is 13.2 Å². The van der Waals surface area contributed by atoms with Crippen LogP contribution in [0, 0.1) is 5.82 Å². The molecular weight excluding hydrogens is 235 g/mol. The molecule has 5 heteroatoms. The molecule has 1 aromatic rings. The van der Waals surface area contributed by atoms with Crippen molar-refractivity contribution in [3.8, 4) is 5.75 Å². The lowest BCUT2D eigenvalue weighted by Crippen LogP contribution is -2.26. The molecule has 0 bridgehead atoms. The monoisotopic (exact) mass is 252 g/mol. The fourth-order valence-corrected chi connectivity index (χ4v) is 2.08. The molecule has 1 heterocycles. The molecule has 0 aliphatic carbocycles. The molecule has 1 aliphatic rings. The van der Waals surface area contributed by atoms with E-state index in [4.69, 9.17) is 4.74 Å². The highest BCUT2D eigenvalue weighted by Crippen LogP contribution is 2.23. The summed E-state index contributed by atoms with van der Waals surface area (Å²) in [6.07, 6.45) is 2.31. The van der Waals surface area contributed by atoms with Crippen molar-refractivity contribution in [3.63, 3.8) is 0 Å². The van der Waals surface area contributed by atoms with E-state index in [9.17, 15) is 9.18 Å². The number of hydrogen-bond donors (Lipinski definition) is 2. The number of hydrogen-bond acceptors (Lipinski definition) is 3. The van der Waals surface area contributed by atoms with Gasteiger partial charge in [0, 0.05) is 30.8 Å². The van der Waals surface area contributed by atoms with Crippen molar-refractivity contribution < 1.29 is 13.9 Å². The quantitative estimate of drug-likeness (QED) is 0.864. The van der Waals surface area contributed by atoms with E-state index < -0.39 is 0 Å². The Kier molecular flexibility index (Phi) is 4.02. The summed E-state index contributed by atoms with van der Waals surface area (Å²) in [5.41, 5.74) is 0.771. The van der Waals surface area contributed by atoms with Crippen LogP contribution in [0.25, 0.3) is 0 Å². The zero-order chi connectivity index (χ0) is 13.0. The van der Waals surface area contributed by atoms with Crippen LogP contribution in [0.15, 0.2) is 18.2 Å². The molecule has 0 aromatic heterocycles. The minimum Gasteiger partial charge on any atom is -0.494 e. The number of amides is 1. The van der Waals surface area contributed by atoms with Gasteiger partial charge in [0.1, 0.15) is 0 Å². The number of anilines is 1. The maximum Gasteiger partial charge on any atom is 0.222 e. The zero-order valence-electron chi connectivity index (χ0n) is 10.3. The first-order chi connectivity index (χ1) is 8.69. The summed E-state index contributed by atoms with van der Waals surface area (Å²) in [6.45, 7) is 0.726. The number of benzene rings is 1. The van der Waals surface area contributed by atoms with Crippen molar-refractivity contribution in [2.45, 2.75) is 25.3 Å². The molecule has 98 valence electrons. The summed E-state index contributed by atoms with van der Waals surface area (Å²) >= 11 is 0. The van der Waals surface area contributed by atoms with E-state index in [1.54, 1.807) is 12.1 Å². The Morgan fingerprint density at radius 1 is 1.50 bits per heavy atom. The average Bonchev–Trinajstić information content (AvgIpc) is 2.56. The molecule has 18 heavy (non-hydrogen) atoms. The molecule has 2 N–H and O–H groups in total. The van der Waals surface area contributed by atoms with Gasteiger partial charge in [-0.2, -0.15) is 0 Å². The Morgan fingerprint density at radius 2 is 2.33 bits per heavy atom. The average molecular weight is 252 g/mol. The lowest BCUT2D eigenvalue weighted by molar-refractivity contribution is -0.120. The second-order valence-corrected chi connectivity index (χ2v) is 4.39. The van der Waals surface area contributed by atoms with Crippen LogP contribution >= 0.6 is 0 Å². The molecule has 0 spiro atoms. The lowest BCUT2D eigenvalue weighted by Gasteiger charge is -2.17. The molecule has 1 fully saturated rings. The summed E-state index contributed by atoms with van der Waals surface area (Å²) in [5, 5.41) is 6.07. The molecule has 1 aromatic carbocycles. The topological polar surface area (TPSA) is 50.4 Å². The van der Waals surface area contributed by atoms with Crippen LogP contribution in [0.5, 0.6) is 5.75 Å². The fraction of sp³-hybridized carbons (Fsp3) is 0.462. The number of nitrogens with one attached hydrogen (secondary N) is 2. The normalized spacial score (nSPS) is 19.9. The smallest absolute Gasteiger partial charge is 0.222 e. The molecule has 2 rings (SSSR count). The molecule has 1 amide bonds. The second-order valence-electron chi connectivity index (χ2n) is 4.39. The third kappa shape index (κ3) is 3.12. The van der Waals surface area contributed by atoms with Crippen molar-refractivity contribution in [2.75, 3.05) is 19.0 Å². The standard InChI is InChI=1S/C13H17FN2O2/c1-18-12-7-10(4-5-11(12)14)16-9-3-2-6-15-13(17)8-9/h4-5,7,9,16H,2-3,6,8H2,1H3,(H,15,17).